The molecule has 2 aromatic carbocycles. The molecule has 0 amide bonds. The van der Waals surface area contributed by atoms with Crippen LogP contribution in [0.4, 0.5) is 10.1 Å². The number of nitrogens with one attached hydrogen (secondary N) is 2. The predicted octanol–water partition coefficient (Wildman–Crippen LogP) is 3.14. The van der Waals surface area contributed by atoms with Gasteiger partial charge < -0.3 is 14.5 Å². The van der Waals surface area contributed by atoms with Gasteiger partial charge >= 0.3 is 0 Å². The first-order chi connectivity index (χ1) is 11.4. The molecule has 4 rings (SSSR count). The fraction of sp³-hybridized carbons (Fsp3) is 0.125. The van der Waals surface area contributed by atoms with Crippen molar-refractivity contribution in [1.29, 1.82) is 0 Å². The van der Waals surface area contributed by atoms with Gasteiger partial charge in [0.25, 0.3) is 10.0 Å². The quantitative estimate of drug-likeness (QED) is 0.762. The molecule has 8 heteroatoms. The van der Waals surface area contributed by atoms with Gasteiger partial charge in [0.2, 0.25) is 6.79 Å². The largest absolute Gasteiger partial charge is 0.454 e. The van der Waals surface area contributed by atoms with Gasteiger partial charge in [0.15, 0.2) is 11.5 Å². The molecule has 1 aliphatic heterocycles. The fourth-order valence-corrected chi connectivity index (χ4v) is 3.85. The summed E-state index contributed by atoms with van der Waals surface area (Å²) in [5.41, 5.74) is 1.19. The third kappa shape index (κ3) is 2.35. The predicted molar refractivity (Wildman–Crippen MR) is 86.4 cm³/mol. The Hall–Kier alpha value is -2.74. The zero-order valence-corrected chi connectivity index (χ0v) is 13.4. The number of halogens is 1. The third-order valence-electron chi connectivity index (χ3n) is 3.80. The Morgan fingerprint density at radius 1 is 1.17 bits per heavy atom. The molecule has 0 aliphatic carbocycles. The molecule has 0 fully saturated rings. The Kier molecular flexibility index (Phi) is 3.17. The molecule has 6 nitrogen and oxygen atoms in total. The van der Waals surface area contributed by atoms with Crippen molar-refractivity contribution in [2.75, 3.05) is 11.5 Å². The molecule has 1 aromatic heterocycles. The molecular weight excluding hydrogens is 335 g/mol. The Labute approximate surface area is 137 Å². The summed E-state index contributed by atoms with van der Waals surface area (Å²) in [4.78, 5) is 2.90. The van der Waals surface area contributed by atoms with E-state index in [9.17, 15) is 12.8 Å². The van der Waals surface area contributed by atoms with Crippen molar-refractivity contribution >= 4 is 26.6 Å². The van der Waals surface area contributed by atoms with Crippen LogP contribution in [-0.2, 0) is 10.0 Å². The van der Waals surface area contributed by atoms with E-state index < -0.39 is 15.8 Å². The summed E-state index contributed by atoms with van der Waals surface area (Å²) in [6, 6.07) is 7.56. The lowest BCUT2D eigenvalue weighted by Crippen LogP contribution is -2.13. The highest BCUT2D eigenvalue weighted by molar-refractivity contribution is 7.93. The Bertz CT molecular complexity index is 1060. The average molecular weight is 348 g/mol. The first kappa shape index (κ1) is 14.8. The van der Waals surface area contributed by atoms with Crippen molar-refractivity contribution in [2.24, 2.45) is 0 Å². The maximum absolute atomic E-state index is 13.9. The summed E-state index contributed by atoms with van der Waals surface area (Å²) >= 11 is 0. The molecule has 2 heterocycles. The summed E-state index contributed by atoms with van der Waals surface area (Å²) in [6.45, 7) is 1.82. The zero-order valence-electron chi connectivity index (χ0n) is 12.6. The van der Waals surface area contributed by atoms with Crippen molar-refractivity contribution in [3.63, 3.8) is 0 Å². The van der Waals surface area contributed by atoms with E-state index in [-0.39, 0.29) is 17.4 Å². The average Bonchev–Trinajstić information content (AvgIpc) is 3.13. The maximum atomic E-state index is 13.9. The molecular formula is C16H13FN2O4S. The van der Waals surface area contributed by atoms with Crippen LogP contribution in [0.5, 0.6) is 11.5 Å². The smallest absolute Gasteiger partial charge is 0.264 e. The van der Waals surface area contributed by atoms with Gasteiger partial charge in [-0.15, -0.1) is 0 Å². The highest BCUT2D eigenvalue weighted by Gasteiger charge is 2.23. The molecule has 0 bridgehead atoms. The van der Waals surface area contributed by atoms with Gasteiger partial charge in [-0.25, -0.2) is 12.8 Å². The molecule has 124 valence electrons. The Morgan fingerprint density at radius 3 is 2.67 bits per heavy atom. The van der Waals surface area contributed by atoms with Crippen molar-refractivity contribution in [3.8, 4) is 11.5 Å². The number of anilines is 1. The minimum absolute atomic E-state index is 0.00998. The number of sulfonamides is 1. The van der Waals surface area contributed by atoms with Crippen LogP contribution >= 0.6 is 0 Å². The molecule has 0 radical (unpaired) electrons. The van der Waals surface area contributed by atoms with Crippen molar-refractivity contribution in [3.05, 3.63) is 47.9 Å². The van der Waals surface area contributed by atoms with Gasteiger partial charge in [0.1, 0.15) is 10.7 Å². The van der Waals surface area contributed by atoms with E-state index in [1.54, 1.807) is 25.1 Å². The van der Waals surface area contributed by atoms with Gasteiger partial charge in [0, 0.05) is 17.6 Å². The molecule has 24 heavy (non-hydrogen) atoms. The van der Waals surface area contributed by atoms with Gasteiger partial charge in [-0.3, -0.25) is 4.72 Å². The minimum Gasteiger partial charge on any atom is -0.454 e. The number of fused-ring (bicyclic) bond motifs is 2. The molecule has 0 spiro atoms. The lowest BCUT2D eigenvalue weighted by molar-refractivity contribution is 0.174. The number of hydrogen-bond donors (Lipinski definition) is 2. The van der Waals surface area contributed by atoms with E-state index in [0.717, 1.165) is 0 Å². The second-order valence-corrected chi connectivity index (χ2v) is 7.14. The molecule has 3 aromatic rings. The Balaban J connectivity index is 1.78. The fourth-order valence-electron chi connectivity index (χ4n) is 2.61. The van der Waals surface area contributed by atoms with Crippen molar-refractivity contribution in [1.82, 2.24) is 4.98 Å². The number of rotatable bonds is 3. The van der Waals surface area contributed by atoms with Crippen molar-refractivity contribution in [2.45, 2.75) is 11.8 Å². The van der Waals surface area contributed by atoms with Crippen LogP contribution in [-0.4, -0.2) is 20.2 Å². The van der Waals surface area contributed by atoms with Crippen LogP contribution < -0.4 is 14.2 Å². The molecule has 0 saturated heterocycles. The summed E-state index contributed by atoms with van der Waals surface area (Å²) < 4.78 is 52.1. The Morgan fingerprint density at radius 2 is 1.92 bits per heavy atom. The van der Waals surface area contributed by atoms with E-state index >= 15 is 0 Å². The second-order valence-electron chi connectivity index (χ2n) is 5.49. The van der Waals surface area contributed by atoms with Gasteiger partial charge in [-0.2, -0.15) is 0 Å². The first-order valence-electron chi connectivity index (χ1n) is 7.14. The standard InChI is InChI=1S/C16H13FN2O4S/c1-9-2-3-12(11(17)4-9)19-24(20,21)16-7-18-13-6-15-14(5-10(13)16)22-8-23-15/h2-7,18-19H,8H2,1H3. The van der Waals surface area contributed by atoms with Gasteiger partial charge in [-0.05, 0) is 30.7 Å². The van der Waals surface area contributed by atoms with Gasteiger partial charge in [-0.1, -0.05) is 6.07 Å². The van der Waals surface area contributed by atoms with Crippen LogP contribution in [0.25, 0.3) is 10.9 Å². The number of aryl methyl sites for hydroxylation is 1. The zero-order chi connectivity index (χ0) is 16.9. The van der Waals surface area contributed by atoms with Crippen LogP contribution in [0.3, 0.4) is 0 Å². The van der Waals surface area contributed by atoms with E-state index in [1.807, 2.05) is 0 Å². The van der Waals surface area contributed by atoms with Crippen LogP contribution in [0, 0.1) is 12.7 Å². The highest BCUT2D eigenvalue weighted by atomic mass is 32.2. The lowest BCUT2D eigenvalue weighted by Gasteiger charge is -2.09. The molecule has 2 N–H and O–H groups in total. The molecule has 1 aliphatic rings. The second kappa shape index (κ2) is 5.13. The molecule has 0 unspecified atom stereocenters. The monoisotopic (exact) mass is 348 g/mol. The van der Waals surface area contributed by atoms with E-state index in [2.05, 4.69) is 9.71 Å². The number of ether oxygens (including phenoxy) is 2. The van der Waals surface area contributed by atoms with Gasteiger partial charge in [0.05, 0.1) is 11.2 Å². The number of H-pyrrole nitrogens is 1. The number of aromatic amines is 1. The minimum atomic E-state index is -3.97. The topological polar surface area (TPSA) is 80.4 Å². The highest BCUT2D eigenvalue weighted by Crippen LogP contribution is 2.38. The summed E-state index contributed by atoms with van der Waals surface area (Å²) in [6.07, 6.45) is 1.36. The van der Waals surface area contributed by atoms with E-state index in [0.29, 0.717) is 28.0 Å². The molecule has 0 atom stereocenters. The van der Waals surface area contributed by atoms with Crippen LogP contribution in [0.2, 0.25) is 0 Å². The lowest BCUT2D eigenvalue weighted by atomic mass is 10.2. The first-order valence-corrected chi connectivity index (χ1v) is 8.62. The summed E-state index contributed by atoms with van der Waals surface area (Å²) in [5.74, 6) is 0.391. The maximum Gasteiger partial charge on any atom is 0.264 e. The number of aromatic nitrogens is 1. The van der Waals surface area contributed by atoms with E-state index in [4.69, 9.17) is 9.47 Å². The molecule has 0 saturated carbocycles. The number of benzene rings is 2. The number of hydrogen-bond acceptors (Lipinski definition) is 4. The summed E-state index contributed by atoms with van der Waals surface area (Å²) in [7, 11) is -3.97. The third-order valence-corrected chi connectivity index (χ3v) is 5.20. The van der Waals surface area contributed by atoms with Crippen LogP contribution in [0.1, 0.15) is 5.56 Å². The normalized spacial score (nSPS) is 13.4. The summed E-state index contributed by atoms with van der Waals surface area (Å²) in [5, 5.41) is 0.444. The SMILES string of the molecule is Cc1ccc(NS(=O)(=O)c2c[nH]c3cc4c(cc23)OCO4)c(F)c1. The van der Waals surface area contributed by atoms with Crippen LogP contribution in [0.15, 0.2) is 41.4 Å². The van der Waals surface area contributed by atoms with E-state index in [1.165, 1.54) is 18.3 Å². The van der Waals surface area contributed by atoms with Crippen molar-refractivity contribution < 1.29 is 22.3 Å².